The fourth-order valence-electron chi connectivity index (χ4n) is 4.43. The number of H-pyrrole nitrogens is 1. The fourth-order valence-corrected chi connectivity index (χ4v) is 4.90. The average molecular weight is 605 g/mol. The van der Waals surface area contributed by atoms with Gasteiger partial charge in [0.1, 0.15) is 18.1 Å². The number of aliphatic carboxylic acids is 1. The van der Waals surface area contributed by atoms with Crippen LogP contribution in [0.4, 0.5) is 0 Å². The van der Waals surface area contributed by atoms with E-state index in [2.05, 4.69) is 25.9 Å². The monoisotopic (exact) mass is 604 g/mol. The standard InChI is InChI=1S/C28H44N8O5S/c1-16(2)13-19(29)24(37)36-23(14-17-15-33-20-8-5-4-7-18(17)20)26(39)34-21(10-12-42-3)25(38)35-22(27(40)41)9-6-11-32-28(30)31/h4-5,7-8,15-16,19,21-23,33H,6,9-14,29H2,1-3H3,(H,34,39)(H,35,38)(H,36,37)(H,40,41)(H4,30,31,32)/t19-,21-,22-,23-/m0/s1. The second kappa shape index (κ2) is 17.2. The van der Waals surface area contributed by atoms with Gasteiger partial charge in [0.15, 0.2) is 5.96 Å². The molecule has 0 spiro atoms. The van der Waals surface area contributed by atoms with Crippen LogP contribution in [0.5, 0.6) is 0 Å². The number of nitrogens with zero attached hydrogens (tertiary/aromatic N) is 1. The molecule has 14 heteroatoms. The summed E-state index contributed by atoms with van der Waals surface area (Å²) in [4.78, 5) is 58.7. The molecule has 1 aromatic heterocycles. The minimum absolute atomic E-state index is 0.0913. The number of carboxylic acid groups (broad SMARTS) is 1. The van der Waals surface area contributed by atoms with Crippen molar-refractivity contribution in [3.8, 4) is 0 Å². The van der Waals surface area contributed by atoms with E-state index in [0.29, 0.717) is 18.6 Å². The molecule has 0 unspecified atom stereocenters. The third-order valence-electron chi connectivity index (χ3n) is 6.60. The molecule has 232 valence electrons. The second-order valence-corrected chi connectivity index (χ2v) is 11.5. The molecule has 13 nitrogen and oxygen atoms in total. The first-order valence-corrected chi connectivity index (χ1v) is 15.3. The minimum atomic E-state index is -1.22. The largest absolute Gasteiger partial charge is 0.480 e. The molecule has 2 aromatic rings. The van der Waals surface area contributed by atoms with E-state index in [4.69, 9.17) is 17.2 Å². The van der Waals surface area contributed by atoms with E-state index in [1.165, 1.54) is 11.8 Å². The normalized spacial score (nSPS) is 14.0. The van der Waals surface area contributed by atoms with Gasteiger partial charge in [-0.05, 0) is 55.2 Å². The third kappa shape index (κ3) is 11.2. The smallest absolute Gasteiger partial charge is 0.326 e. The molecule has 1 heterocycles. The number of carboxylic acids is 1. The molecule has 0 aliphatic heterocycles. The number of fused-ring (bicyclic) bond motifs is 1. The van der Waals surface area contributed by atoms with E-state index >= 15 is 0 Å². The number of thioether (sulfide) groups is 1. The number of nitrogens with one attached hydrogen (secondary N) is 4. The van der Waals surface area contributed by atoms with Gasteiger partial charge in [-0.2, -0.15) is 11.8 Å². The average Bonchev–Trinajstić information content (AvgIpc) is 3.34. The summed E-state index contributed by atoms with van der Waals surface area (Å²) >= 11 is 1.48. The highest BCUT2D eigenvalue weighted by molar-refractivity contribution is 7.98. The van der Waals surface area contributed by atoms with Crippen molar-refractivity contribution in [1.82, 2.24) is 20.9 Å². The molecule has 4 atom stereocenters. The summed E-state index contributed by atoms with van der Waals surface area (Å²) in [6.45, 7) is 4.11. The van der Waals surface area contributed by atoms with Crippen molar-refractivity contribution in [3.05, 3.63) is 36.0 Å². The van der Waals surface area contributed by atoms with E-state index in [1.807, 2.05) is 44.4 Å². The Morgan fingerprint density at radius 2 is 1.62 bits per heavy atom. The Kier molecular flexibility index (Phi) is 14.1. The van der Waals surface area contributed by atoms with Gasteiger partial charge in [0.2, 0.25) is 17.7 Å². The molecule has 0 radical (unpaired) electrons. The van der Waals surface area contributed by atoms with Crippen molar-refractivity contribution in [2.45, 2.75) is 70.1 Å². The maximum Gasteiger partial charge on any atom is 0.326 e. The predicted molar refractivity (Wildman–Crippen MR) is 166 cm³/mol. The highest BCUT2D eigenvalue weighted by atomic mass is 32.2. The van der Waals surface area contributed by atoms with Gasteiger partial charge in [0.05, 0.1) is 6.04 Å². The maximum atomic E-state index is 13.6. The number of hydrogen-bond acceptors (Lipinski definition) is 7. The molecule has 0 fully saturated rings. The summed E-state index contributed by atoms with van der Waals surface area (Å²) in [5.74, 6) is -2.31. The van der Waals surface area contributed by atoms with Crippen LogP contribution in [0.3, 0.4) is 0 Å². The first-order valence-electron chi connectivity index (χ1n) is 13.9. The molecule has 0 bridgehead atoms. The lowest BCUT2D eigenvalue weighted by Gasteiger charge is -2.25. The Morgan fingerprint density at radius 3 is 2.26 bits per heavy atom. The summed E-state index contributed by atoms with van der Waals surface area (Å²) in [5.41, 5.74) is 18.4. The van der Waals surface area contributed by atoms with Crippen LogP contribution in [0.1, 0.15) is 45.1 Å². The van der Waals surface area contributed by atoms with Crippen LogP contribution in [0, 0.1) is 5.92 Å². The van der Waals surface area contributed by atoms with Gasteiger partial charge in [-0.25, -0.2) is 4.79 Å². The number of aliphatic imine (C=N–C) groups is 1. The molecule has 2 rings (SSSR count). The van der Waals surface area contributed by atoms with Crippen molar-refractivity contribution in [2.75, 3.05) is 18.6 Å². The first kappa shape index (κ1) is 34.4. The number of nitrogens with two attached hydrogens (primary N) is 3. The molecular weight excluding hydrogens is 560 g/mol. The predicted octanol–water partition coefficient (Wildman–Crippen LogP) is 0.430. The Balaban J connectivity index is 2.24. The molecule has 3 amide bonds. The lowest BCUT2D eigenvalue weighted by molar-refractivity contribution is -0.142. The molecule has 0 aliphatic carbocycles. The molecule has 42 heavy (non-hydrogen) atoms. The van der Waals surface area contributed by atoms with E-state index in [9.17, 15) is 24.3 Å². The lowest BCUT2D eigenvalue weighted by atomic mass is 10.0. The number of carbonyl (C=O) groups is 4. The minimum Gasteiger partial charge on any atom is -0.480 e. The van der Waals surface area contributed by atoms with Crippen LogP contribution in [0.2, 0.25) is 0 Å². The molecule has 0 saturated heterocycles. The van der Waals surface area contributed by atoms with Crippen molar-refractivity contribution in [3.63, 3.8) is 0 Å². The van der Waals surface area contributed by atoms with Gasteiger partial charge in [-0.1, -0.05) is 32.0 Å². The number of aromatic nitrogens is 1. The number of benzene rings is 1. The van der Waals surface area contributed by atoms with Crippen LogP contribution in [-0.2, 0) is 25.6 Å². The maximum absolute atomic E-state index is 13.6. The quantitative estimate of drug-likeness (QED) is 0.0669. The number of amides is 3. The third-order valence-corrected chi connectivity index (χ3v) is 7.24. The Hall–Kier alpha value is -3.78. The molecular formula is C28H44N8O5S. The van der Waals surface area contributed by atoms with Crippen LogP contribution >= 0.6 is 11.8 Å². The van der Waals surface area contributed by atoms with Crippen molar-refractivity contribution >= 4 is 52.3 Å². The molecule has 0 aliphatic rings. The van der Waals surface area contributed by atoms with Crippen LogP contribution < -0.4 is 33.2 Å². The van der Waals surface area contributed by atoms with E-state index in [1.54, 1.807) is 6.20 Å². The highest BCUT2D eigenvalue weighted by Gasteiger charge is 2.31. The van der Waals surface area contributed by atoms with Crippen molar-refractivity contribution in [1.29, 1.82) is 0 Å². The fraction of sp³-hybridized carbons (Fsp3) is 0.536. The Morgan fingerprint density at radius 1 is 0.976 bits per heavy atom. The van der Waals surface area contributed by atoms with Gasteiger partial charge in [0, 0.05) is 30.1 Å². The highest BCUT2D eigenvalue weighted by Crippen LogP contribution is 2.19. The van der Waals surface area contributed by atoms with Gasteiger partial charge in [-0.15, -0.1) is 0 Å². The van der Waals surface area contributed by atoms with Crippen LogP contribution in [0.25, 0.3) is 10.9 Å². The molecule has 0 saturated carbocycles. The Labute approximate surface area is 250 Å². The van der Waals surface area contributed by atoms with Crippen molar-refractivity contribution in [2.24, 2.45) is 28.1 Å². The zero-order valence-corrected chi connectivity index (χ0v) is 25.2. The lowest BCUT2D eigenvalue weighted by Crippen LogP contribution is -2.57. The zero-order valence-electron chi connectivity index (χ0n) is 24.4. The second-order valence-electron chi connectivity index (χ2n) is 10.6. The van der Waals surface area contributed by atoms with Gasteiger partial charge in [0.25, 0.3) is 0 Å². The zero-order chi connectivity index (χ0) is 31.2. The number of aromatic amines is 1. The van der Waals surface area contributed by atoms with Gasteiger partial charge in [-0.3, -0.25) is 19.4 Å². The van der Waals surface area contributed by atoms with Crippen molar-refractivity contribution < 1.29 is 24.3 Å². The van der Waals surface area contributed by atoms with Crippen LogP contribution in [-0.4, -0.2) is 82.5 Å². The summed E-state index contributed by atoms with van der Waals surface area (Å²) in [5, 5.41) is 18.6. The summed E-state index contributed by atoms with van der Waals surface area (Å²) in [7, 11) is 0. The van der Waals surface area contributed by atoms with E-state index in [-0.39, 0.29) is 37.7 Å². The SMILES string of the molecule is CSCC[C@H](NC(=O)[C@H](Cc1c[nH]c2ccccc12)NC(=O)[C@@H](N)CC(C)C)C(=O)N[C@@H](CCCN=C(N)N)C(=O)O. The number of para-hydroxylation sites is 1. The summed E-state index contributed by atoms with van der Waals surface area (Å²) < 4.78 is 0. The number of guanidine groups is 1. The first-order chi connectivity index (χ1) is 19.9. The van der Waals surface area contributed by atoms with E-state index < -0.39 is 47.9 Å². The van der Waals surface area contributed by atoms with Crippen LogP contribution in [0.15, 0.2) is 35.5 Å². The number of carbonyl (C=O) groups excluding carboxylic acids is 3. The summed E-state index contributed by atoms with van der Waals surface area (Å²) in [6.07, 6.45) is 4.89. The van der Waals surface area contributed by atoms with E-state index in [0.717, 1.165) is 16.5 Å². The number of rotatable bonds is 18. The number of hydrogen-bond donors (Lipinski definition) is 8. The van der Waals surface area contributed by atoms with Gasteiger partial charge < -0.3 is 43.2 Å². The summed E-state index contributed by atoms with van der Waals surface area (Å²) in [6, 6.07) is 3.52. The van der Waals surface area contributed by atoms with Gasteiger partial charge >= 0.3 is 5.97 Å². The molecule has 11 N–H and O–H groups in total. The molecule has 1 aromatic carbocycles. The topological polar surface area (TPSA) is 231 Å². The Bertz CT molecular complexity index is 1230.